The molecule has 0 saturated carbocycles. The Hall–Kier alpha value is 1.79. The molecule has 0 bridgehead atoms. The Kier molecular flexibility index (Phi) is 23.1. The molecule has 21 heavy (non-hydrogen) atoms. The van der Waals surface area contributed by atoms with Crippen LogP contribution in [0.2, 0.25) is 0 Å². The normalized spacial score (nSPS) is 31.2. The molecule has 1 aliphatic heterocycles. The van der Waals surface area contributed by atoms with Gasteiger partial charge in [0, 0.05) is 0 Å². The maximum Gasteiger partial charge on any atom is 1.00 e. The molecule has 120 valence electrons. The summed E-state index contributed by atoms with van der Waals surface area (Å²) in [4.78, 5) is 20.3. The molecule has 0 spiro atoms. The molecule has 0 aromatic heterocycles. The van der Waals surface area contributed by atoms with Gasteiger partial charge in [-0.05, 0) is 0 Å². The van der Waals surface area contributed by atoms with E-state index < -0.39 is 45.1 Å². The van der Waals surface area contributed by atoms with E-state index in [-0.39, 0.29) is 75.5 Å². The molecule has 10 N–H and O–H groups in total. The van der Waals surface area contributed by atoms with E-state index in [9.17, 15) is 24.6 Å². The van der Waals surface area contributed by atoms with Gasteiger partial charge in [-0.3, -0.25) is 0 Å². The van der Waals surface area contributed by atoms with Gasteiger partial charge >= 0.3 is 59.1 Å². The van der Waals surface area contributed by atoms with Gasteiger partial charge in [-0.25, -0.2) is 0 Å². The minimum atomic E-state index is -5.23. The first kappa shape index (κ1) is 34.2. The van der Waals surface area contributed by atoms with E-state index in [1.807, 2.05) is 0 Å². The van der Waals surface area contributed by atoms with E-state index in [1.54, 1.807) is 0 Å². The second kappa shape index (κ2) is 14.2. The van der Waals surface area contributed by atoms with Crippen LogP contribution in [0.15, 0.2) is 0 Å². The van der Waals surface area contributed by atoms with Crippen molar-refractivity contribution < 1.29 is 120 Å². The molecule has 0 aliphatic carbocycles. The van der Waals surface area contributed by atoms with Gasteiger partial charge in [0.25, 0.3) is 0 Å². The fraction of sp³-hybridized carbons (Fsp3) is 1.00. The van der Waals surface area contributed by atoms with Crippen molar-refractivity contribution in [3.05, 3.63) is 0 Å². The van der Waals surface area contributed by atoms with Crippen molar-refractivity contribution in [1.82, 2.24) is 0 Å². The topological polar surface area (TPSA) is 257 Å². The summed E-state index contributed by atoms with van der Waals surface area (Å²) in [5, 5.41) is 36.6. The zero-order valence-electron chi connectivity index (χ0n) is 11.4. The second-order valence-corrected chi connectivity index (χ2v) is 4.43. The SMILES string of the molecule is O.O.O.O=P([O-])([O-])OC[C@H]1O[C@H](O)[C@H](O)[C@@H](O)[C@@H]1O.[Na+].[Na+]. The maximum atomic E-state index is 10.1. The first-order valence-electron chi connectivity index (χ1n) is 4.26. The van der Waals surface area contributed by atoms with E-state index >= 15 is 0 Å². The summed E-state index contributed by atoms with van der Waals surface area (Å²) in [6, 6.07) is 0. The van der Waals surface area contributed by atoms with Crippen LogP contribution in [0.3, 0.4) is 0 Å². The van der Waals surface area contributed by atoms with Crippen molar-refractivity contribution >= 4 is 7.82 Å². The smallest absolute Gasteiger partial charge is 0.790 e. The van der Waals surface area contributed by atoms with Crippen molar-refractivity contribution in [3.8, 4) is 0 Å². The van der Waals surface area contributed by atoms with Gasteiger partial charge in [0.1, 0.15) is 24.4 Å². The summed E-state index contributed by atoms with van der Waals surface area (Å²) < 4.78 is 18.5. The first-order valence-corrected chi connectivity index (χ1v) is 5.73. The minimum absolute atomic E-state index is 0. The Morgan fingerprint density at radius 3 is 1.76 bits per heavy atom. The summed E-state index contributed by atoms with van der Waals surface area (Å²) in [6.45, 7) is -0.855. The summed E-state index contributed by atoms with van der Waals surface area (Å²) >= 11 is 0. The fourth-order valence-corrected chi connectivity index (χ4v) is 1.56. The zero-order valence-corrected chi connectivity index (χ0v) is 16.3. The third-order valence-electron chi connectivity index (χ3n) is 2.08. The number of rotatable bonds is 3. The minimum Gasteiger partial charge on any atom is -0.790 e. The van der Waals surface area contributed by atoms with Gasteiger partial charge in [-0.2, -0.15) is 0 Å². The van der Waals surface area contributed by atoms with Crippen LogP contribution in [-0.4, -0.2) is 74.2 Å². The van der Waals surface area contributed by atoms with Crippen LogP contribution in [-0.2, 0) is 13.8 Å². The number of hydrogen-bond donors (Lipinski definition) is 4. The molecule has 0 aromatic rings. The summed E-state index contributed by atoms with van der Waals surface area (Å²) in [7, 11) is -5.23. The Morgan fingerprint density at radius 1 is 0.952 bits per heavy atom. The number of aliphatic hydroxyl groups excluding tert-OH is 4. The van der Waals surface area contributed by atoms with E-state index in [0.717, 1.165) is 0 Å². The summed E-state index contributed by atoms with van der Waals surface area (Å²) in [5.74, 6) is 0. The van der Waals surface area contributed by atoms with Gasteiger partial charge in [-0.1, -0.05) is 0 Å². The molecule has 0 aromatic carbocycles. The van der Waals surface area contributed by atoms with E-state index in [0.29, 0.717) is 0 Å². The third kappa shape index (κ3) is 11.1. The van der Waals surface area contributed by atoms with Gasteiger partial charge in [-0.15, -0.1) is 0 Å². The quantitative estimate of drug-likeness (QED) is 0.275. The third-order valence-corrected chi connectivity index (χ3v) is 2.55. The molecule has 0 radical (unpaired) electrons. The van der Waals surface area contributed by atoms with Crippen LogP contribution in [0.1, 0.15) is 0 Å². The molecule has 1 aliphatic rings. The number of phosphoric ester groups is 1. The average molecular weight is 358 g/mol. The van der Waals surface area contributed by atoms with E-state index in [2.05, 4.69) is 9.26 Å². The van der Waals surface area contributed by atoms with Crippen LogP contribution in [0, 0.1) is 0 Å². The van der Waals surface area contributed by atoms with Crippen molar-refractivity contribution in [3.63, 3.8) is 0 Å². The first-order chi connectivity index (χ1) is 7.22. The molecular weight excluding hydrogens is 341 g/mol. The van der Waals surface area contributed by atoms with Crippen LogP contribution >= 0.6 is 7.82 Å². The predicted molar refractivity (Wildman–Crippen MR) is 53.3 cm³/mol. The molecule has 1 saturated heterocycles. The van der Waals surface area contributed by atoms with Gasteiger partial charge in [0.05, 0.1) is 14.4 Å². The Morgan fingerprint density at radius 2 is 1.38 bits per heavy atom. The zero-order chi connectivity index (χ0) is 12.5. The van der Waals surface area contributed by atoms with Crippen molar-refractivity contribution in [2.24, 2.45) is 0 Å². The molecule has 1 rings (SSSR count). The van der Waals surface area contributed by atoms with E-state index in [4.69, 9.17) is 10.2 Å². The number of ether oxygens (including phenoxy) is 1. The Balaban J connectivity index is -0.000000171. The fourth-order valence-electron chi connectivity index (χ4n) is 1.23. The van der Waals surface area contributed by atoms with Crippen LogP contribution in [0.5, 0.6) is 0 Å². The summed E-state index contributed by atoms with van der Waals surface area (Å²) in [6.07, 6.45) is -8.35. The second-order valence-electron chi connectivity index (χ2n) is 3.28. The van der Waals surface area contributed by atoms with Gasteiger partial charge in [0.15, 0.2) is 6.29 Å². The summed E-state index contributed by atoms with van der Waals surface area (Å²) in [5.41, 5.74) is 0. The number of phosphoric acid groups is 1. The van der Waals surface area contributed by atoms with Crippen LogP contribution < -0.4 is 68.9 Å². The standard InChI is InChI=1S/C6H13O9P.2Na.3H2O/c7-3-2(1-14-16(11,12)13)15-6(10)5(9)4(3)8;;;;;/h2-10H,1H2,(H2,11,12,13);;;3*1H2/q;2*+1;;;/p-2/t2-,3-,4+,5-,6+;;;;;/m1...../s1. The molecule has 1 fully saturated rings. The molecule has 12 nitrogen and oxygen atoms in total. The van der Waals surface area contributed by atoms with E-state index in [1.165, 1.54) is 0 Å². The predicted octanol–water partition coefficient (Wildman–Crippen LogP) is -12.8. The van der Waals surface area contributed by atoms with Crippen molar-refractivity contribution in [2.45, 2.75) is 30.7 Å². The molecular formula is C6H17Na2O12P. The Bertz CT molecular complexity index is 289. The average Bonchev–Trinajstić information content (AvgIpc) is 2.17. The van der Waals surface area contributed by atoms with Gasteiger partial charge in [0.2, 0.25) is 0 Å². The van der Waals surface area contributed by atoms with Gasteiger partial charge < -0.3 is 60.5 Å². The molecule has 1 heterocycles. The number of aliphatic hydroxyl groups is 4. The van der Waals surface area contributed by atoms with Crippen LogP contribution in [0.25, 0.3) is 0 Å². The Labute approximate surface area is 163 Å². The molecule has 0 unspecified atom stereocenters. The largest absolute Gasteiger partial charge is 1.00 e. The maximum absolute atomic E-state index is 10.1. The molecule has 5 atom stereocenters. The molecule has 15 heteroatoms. The monoisotopic (exact) mass is 358 g/mol. The number of hydrogen-bond acceptors (Lipinski definition) is 9. The molecule has 0 amide bonds. The van der Waals surface area contributed by atoms with Crippen LogP contribution in [0.4, 0.5) is 0 Å². The van der Waals surface area contributed by atoms with Crippen molar-refractivity contribution in [2.75, 3.05) is 6.61 Å². The van der Waals surface area contributed by atoms with Crippen molar-refractivity contribution in [1.29, 1.82) is 0 Å².